The maximum atomic E-state index is 12.6. The number of ether oxygens (including phenoxy) is 1. The van der Waals surface area contributed by atoms with Crippen LogP contribution in [0.4, 0.5) is 5.82 Å². The molecule has 1 amide bonds. The molecule has 6 nitrogen and oxygen atoms in total. The van der Waals surface area contributed by atoms with E-state index >= 15 is 0 Å². The highest BCUT2D eigenvalue weighted by molar-refractivity contribution is 5.94. The number of nitrogens with zero attached hydrogens (tertiary/aromatic N) is 3. The van der Waals surface area contributed by atoms with Crippen molar-refractivity contribution in [3.8, 4) is 11.8 Å². The SMILES string of the molecule is CN(C)c1ncccc1CNC(=O)c1cccc(OCc2ccccc2C#N)c1. The van der Waals surface area contributed by atoms with Gasteiger partial charge in [-0.1, -0.05) is 30.3 Å². The maximum Gasteiger partial charge on any atom is 0.251 e. The summed E-state index contributed by atoms with van der Waals surface area (Å²) < 4.78 is 5.79. The Bertz CT molecular complexity index is 1040. The van der Waals surface area contributed by atoms with Crippen LogP contribution in [0.15, 0.2) is 66.9 Å². The van der Waals surface area contributed by atoms with E-state index in [1.165, 1.54) is 0 Å². The summed E-state index contributed by atoms with van der Waals surface area (Å²) in [5, 5.41) is 12.1. The Kier molecular flexibility index (Phi) is 6.43. The van der Waals surface area contributed by atoms with Crippen molar-refractivity contribution in [2.24, 2.45) is 0 Å². The monoisotopic (exact) mass is 386 g/mol. The third-order valence-electron chi connectivity index (χ3n) is 4.36. The van der Waals surface area contributed by atoms with E-state index in [0.29, 0.717) is 23.4 Å². The van der Waals surface area contributed by atoms with Gasteiger partial charge in [0.1, 0.15) is 18.2 Å². The minimum atomic E-state index is -0.193. The van der Waals surface area contributed by atoms with Crippen molar-refractivity contribution in [1.29, 1.82) is 5.26 Å². The number of aromatic nitrogens is 1. The van der Waals surface area contributed by atoms with E-state index in [2.05, 4.69) is 16.4 Å². The molecule has 0 aliphatic carbocycles. The van der Waals surface area contributed by atoms with Crippen LogP contribution in [0.5, 0.6) is 5.75 Å². The van der Waals surface area contributed by atoms with Crippen molar-refractivity contribution in [3.63, 3.8) is 0 Å². The maximum absolute atomic E-state index is 12.6. The van der Waals surface area contributed by atoms with Gasteiger partial charge in [0.25, 0.3) is 5.91 Å². The van der Waals surface area contributed by atoms with Crippen LogP contribution in [0.3, 0.4) is 0 Å². The summed E-state index contributed by atoms with van der Waals surface area (Å²) in [5.74, 6) is 1.20. The van der Waals surface area contributed by atoms with Crippen LogP contribution in [-0.2, 0) is 13.2 Å². The van der Waals surface area contributed by atoms with Crippen molar-refractivity contribution < 1.29 is 9.53 Å². The van der Waals surface area contributed by atoms with Crippen LogP contribution in [-0.4, -0.2) is 25.0 Å². The normalized spacial score (nSPS) is 10.1. The average Bonchev–Trinajstić information content (AvgIpc) is 2.76. The lowest BCUT2D eigenvalue weighted by molar-refractivity contribution is 0.0950. The van der Waals surface area contributed by atoms with Crippen LogP contribution in [0.25, 0.3) is 0 Å². The fraction of sp³-hybridized carbons (Fsp3) is 0.174. The molecule has 0 bridgehead atoms. The summed E-state index contributed by atoms with van der Waals surface area (Å²) in [6, 6.07) is 20.2. The van der Waals surface area contributed by atoms with E-state index in [1.54, 1.807) is 36.5 Å². The number of pyridine rings is 1. The van der Waals surface area contributed by atoms with Crippen LogP contribution in [0.1, 0.15) is 27.0 Å². The van der Waals surface area contributed by atoms with Gasteiger partial charge in [-0.25, -0.2) is 4.98 Å². The lowest BCUT2D eigenvalue weighted by atomic mass is 10.1. The summed E-state index contributed by atoms with van der Waals surface area (Å²) in [6.07, 6.45) is 1.73. The Labute approximate surface area is 170 Å². The van der Waals surface area contributed by atoms with E-state index in [9.17, 15) is 10.1 Å². The van der Waals surface area contributed by atoms with Crippen molar-refractivity contribution in [1.82, 2.24) is 10.3 Å². The van der Waals surface area contributed by atoms with Crippen LogP contribution in [0, 0.1) is 11.3 Å². The zero-order valence-electron chi connectivity index (χ0n) is 16.4. The fourth-order valence-corrected chi connectivity index (χ4v) is 2.89. The molecule has 2 aromatic carbocycles. The van der Waals surface area contributed by atoms with Gasteiger partial charge in [0, 0.05) is 43.5 Å². The molecular weight excluding hydrogens is 364 g/mol. The Balaban J connectivity index is 1.65. The summed E-state index contributed by atoms with van der Waals surface area (Å²) in [4.78, 5) is 18.8. The van der Waals surface area contributed by atoms with Crippen LogP contribution < -0.4 is 15.0 Å². The molecule has 0 aliphatic heterocycles. The Morgan fingerprint density at radius 3 is 2.69 bits per heavy atom. The molecule has 1 aromatic heterocycles. The predicted octanol–water partition coefficient (Wildman–Crippen LogP) is 3.53. The molecule has 146 valence electrons. The second kappa shape index (κ2) is 9.38. The number of amides is 1. The number of carbonyl (C=O) groups is 1. The predicted molar refractivity (Wildman–Crippen MR) is 112 cm³/mol. The molecule has 0 fully saturated rings. The van der Waals surface area contributed by atoms with Crippen molar-refractivity contribution >= 4 is 11.7 Å². The van der Waals surface area contributed by atoms with Gasteiger partial charge in [-0.3, -0.25) is 4.79 Å². The molecular formula is C23H22N4O2. The molecule has 0 spiro atoms. The number of hydrogen-bond donors (Lipinski definition) is 1. The first-order valence-corrected chi connectivity index (χ1v) is 9.19. The highest BCUT2D eigenvalue weighted by Crippen LogP contribution is 2.18. The van der Waals surface area contributed by atoms with Gasteiger partial charge in [0.2, 0.25) is 0 Å². The van der Waals surface area contributed by atoms with Gasteiger partial charge in [-0.05, 0) is 30.3 Å². The van der Waals surface area contributed by atoms with E-state index < -0.39 is 0 Å². The number of hydrogen-bond acceptors (Lipinski definition) is 5. The molecule has 0 saturated heterocycles. The number of anilines is 1. The second-order valence-corrected chi connectivity index (χ2v) is 6.65. The molecule has 3 rings (SSSR count). The Morgan fingerprint density at radius 1 is 1.10 bits per heavy atom. The zero-order chi connectivity index (χ0) is 20.6. The molecule has 6 heteroatoms. The van der Waals surface area contributed by atoms with Gasteiger partial charge in [-0.15, -0.1) is 0 Å². The number of carbonyl (C=O) groups excluding carboxylic acids is 1. The smallest absolute Gasteiger partial charge is 0.251 e. The van der Waals surface area contributed by atoms with Crippen LogP contribution in [0.2, 0.25) is 0 Å². The molecule has 0 radical (unpaired) electrons. The molecule has 0 saturated carbocycles. The molecule has 1 heterocycles. The summed E-state index contributed by atoms with van der Waals surface area (Å²) in [6.45, 7) is 0.636. The third kappa shape index (κ3) is 5.11. The van der Waals surface area contributed by atoms with E-state index in [0.717, 1.165) is 16.9 Å². The topological polar surface area (TPSA) is 78.2 Å². The first-order valence-electron chi connectivity index (χ1n) is 9.19. The van der Waals surface area contributed by atoms with Gasteiger partial charge in [0.05, 0.1) is 11.6 Å². The second-order valence-electron chi connectivity index (χ2n) is 6.65. The first-order chi connectivity index (χ1) is 14.1. The Morgan fingerprint density at radius 2 is 1.90 bits per heavy atom. The highest BCUT2D eigenvalue weighted by Gasteiger charge is 2.10. The zero-order valence-corrected chi connectivity index (χ0v) is 16.4. The van der Waals surface area contributed by atoms with Gasteiger partial charge < -0.3 is 15.0 Å². The average molecular weight is 386 g/mol. The molecule has 0 unspecified atom stereocenters. The number of benzene rings is 2. The number of nitrogens with one attached hydrogen (secondary N) is 1. The standard InChI is InChI=1S/C23H22N4O2/c1-27(2)22-19(10-6-12-25-22)15-26-23(28)17-9-5-11-21(13-17)29-16-20-8-4-3-7-18(20)14-24/h3-13H,15-16H2,1-2H3,(H,26,28). The number of rotatable bonds is 7. The molecule has 1 N–H and O–H groups in total. The summed E-state index contributed by atoms with van der Waals surface area (Å²) in [7, 11) is 3.83. The molecule has 3 aromatic rings. The van der Waals surface area contributed by atoms with Crippen molar-refractivity contribution in [2.45, 2.75) is 13.2 Å². The van der Waals surface area contributed by atoms with Gasteiger partial charge in [0.15, 0.2) is 0 Å². The Hall–Kier alpha value is -3.85. The minimum absolute atomic E-state index is 0.193. The largest absolute Gasteiger partial charge is 0.489 e. The minimum Gasteiger partial charge on any atom is -0.489 e. The highest BCUT2D eigenvalue weighted by atomic mass is 16.5. The summed E-state index contributed by atoms with van der Waals surface area (Å²) >= 11 is 0. The first kappa shape index (κ1) is 19.9. The fourth-order valence-electron chi connectivity index (χ4n) is 2.89. The van der Waals surface area contributed by atoms with E-state index in [4.69, 9.17) is 4.74 Å². The lowest BCUT2D eigenvalue weighted by Crippen LogP contribution is -2.24. The molecule has 29 heavy (non-hydrogen) atoms. The van der Waals surface area contributed by atoms with Gasteiger partial charge >= 0.3 is 0 Å². The molecule has 0 atom stereocenters. The van der Waals surface area contributed by atoms with Crippen molar-refractivity contribution in [3.05, 3.63) is 89.1 Å². The third-order valence-corrected chi connectivity index (χ3v) is 4.36. The molecule has 0 aliphatic rings. The quantitative estimate of drug-likeness (QED) is 0.672. The number of nitriles is 1. The van der Waals surface area contributed by atoms with E-state index in [-0.39, 0.29) is 12.5 Å². The summed E-state index contributed by atoms with van der Waals surface area (Å²) in [5.41, 5.74) is 2.82. The lowest BCUT2D eigenvalue weighted by Gasteiger charge is -2.16. The van der Waals surface area contributed by atoms with Gasteiger partial charge in [-0.2, -0.15) is 5.26 Å². The van der Waals surface area contributed by atoms with Crippen LogP contribution >= 0.6 is 0 Å². The van der Waals surface area contributed by atoms with E-state index in [1.807, 2.05) is 49.3 Å². The van der Waals surface area contributed by atoms with Crippen molar-refractivity contribution in [2.75, 3.05) is 19.0 Å².